The van der Waals surface area contributed by atoms with Gasteiger partial charge in [-0.2, -0.15) is 0 Å². The van der Waals surface area contributed by atoms with Gasteiger partial charge in [-0.3, -0.25) is 0 Å². The zero-order chi connectivity index (χ0) is 12.7. The van der Waals surface area contributed by atoms with Crippen LogP contribution in [0.15, 0.2) is 18.2 Å². The van der Waals surface area contributed by atoms with E-state index in [-0.39, 0.29) is 0 Å². The molecule has 0 aliphatic heterocycles. The molecule has 1 atom stereocenters. The molecule has 4 N–H and O–H groups in total. The summed E-state index contributed by atoms with van der Waals surface area (Å²) < 4.78 is 1.86. The van der Waals surface area contributed by atoms with E-state index in [4.69, 9.17) is 11.5 Å². The molecular formula is C12H16N6. The molecule has 0 amide bonds. The van der Waals surface area contributed by atoms with Crippen LogP contribution in [0.5, 0.6) is 0 Å². The fourth-order valence-electron chi connectivity index (χ4n) is 2.21. The molecule has 3 rings (SSSR count). The van der Waals surface area contributed by atoms with Crippen LogP contribution in [0.3, 0.4) is 0 Å². The monoisotopic (exact) mass is 244 g/mol. The van der Waals surface area contributed by atoms with Crippen molar-refractivity contribution in [2.75, 3.05) is 11.5 Å². The summed E-state index contributed by atoms with van der Waals surface area (Å²) in [7, 11) is 0. The third kappa shape index (κ3) is 1.79. The Hall–Kier alpha value is -2.11. The molecule has 6 heteroatoms. The first-order valence-electron chi connectivity index (χ1n) is 6.10. The van der Waals surface area contributed by atoms with Crippen molar-refractivity contribution in [3.63, 3.8) is 0 Å². The Morgan fingerprint density at radius 2 is 2.11 bits per heavy atom. The maximum atomic E-state index is 5.98. The van der Waals surface area contributed by atoms with Crippen molar-refractivity contribution in [3.05, 3.63) is 18.2 Å². The number of nitrogens with zero attached hydrogens (tertiary/aromatic N) is 4. The van der Waals surface area contributed by atoms with Crippen molar-refractivity contribution in [2.45, 2.75) is 25.8 Å². The predicted molar refractivity (Wildman–Crippen MR) is 69.5 cm³/mol. The van der Waals surface area contributed by atoms with Gasteiger partial charge >= 0.3 is 0 Å². The summed E-state index contributed by atoms with van der Waals surface area (Å²) in [5.41, 5.74) is 13.8. The Labute approximate surface area is 105 Å². The van der Waals surface area contributed by atoms with Crippen molar-refractivity contribution >= 4 is 11.4 Å². The average molecular weight is 244 g/mol. The second-order valence-electron chi connectivity index (χ2n) is 4.87. The molecule has 1 aliphatic rings. The standard InChI is InChI=1S/C12H16N6/c1-7(8-2-3-8)18-12(15-16-17-18)10-5-4-9(13)6-11(10)14/h4-8H,2-3,13-14H2,1H3. The van der Waals surface area contributed by atoms with E-state index >= 15 is 0 Å². The minimum absolute atomic E-state index is 0.312. The van der Waals surface area contributed by atoms with Crippen molar-refractivity contribution in [2.24, 2.45) is 5.92 Å². The molecule has 6 nitrogen and oxygen atoms in total. The lowest BCUT2D eigenvalue weighted by molar-refractivity contribution is 0.433. The van der Waals surface area contributed by atoms with Crippen LogP contribution in [0.1, 0.15) is 25.8 Å². The molecule has 1 fully saturated rings. The van der Waals surface area contributed by atoms with Gasteiger partial charge in [0, 0.05) is 16.9 Å². The van der Waals surface area contributed by atoms with Gasteiger partial charge in [-0.15, -0.1) is 5.10 Å². The van der Waals surface area contributed by atoms with E-state index in [1.54, 1.807) is 6.07 Å². The summed E-state index contributed by atoms with van der Waals surface area (Å²) in [6, 6.07) is 5.72. The summed E-state index contributed by atoms with van der Waals surface area (Å²) in [5, 5.41) is 11.9. The smallest absolute Gasteiger partial charge is 0.184 e. The van der Waals surface area contributed by atoms with E-state index in [0.717, 1.165) is 5.56 Å². The number of hydrogen-bond acceptors (Lipinski definition) is 5. The summed E-state index contributed by atoms with van der Waals surface area (Å²) >= 11 is 0. The quantitative estimate of drug-likeness (QED) is 0.797. The van der Waals surface area contributed by atoms with Crippen LogP contribution in [0, 0.1) is 5.92 Å². The number of nitrogens with two attached hydrogens (primary N) is 2. The second kappa shape index (κ2) is 3.97. The minimum Gasteiger partial charge on any atom is -0.399 e. The van der Waals surface area contributed by atoms with Crippen molar-refractivity contribution in [3.8, 4) is 11.4 Å². The van der Waals surface area contributed by atoms with Crippen LogP contribution < -0.4 is 11.5 Å². The number of anilines is 2. The molecule has 0 radical (unpaired) electrons. The molecule has 18 heavy (non-hydrogen) atoms. The van der Waals surface area contributed by atoms with E-state index in [9.17, 15) is 0 Å². The fraction of sp³-hybridized carbons (Fsp3) is 0.417. The summed E-state index contributed by atoms with van der Waals surface area (Å²) in [4.78, 5) is 0. The third-order valence-corrected chi connectivity index (χ3v) is 3.50. The molecule has 0 bridgehead atoms. The SMILES string of the molecule is CC(C1CC1)n1nnnc1-c1ccc(N)cc1N. The van der Waals surface area contributed by atoms with Crippen LogP contribution in [-0.2, 0) is 0 Å². The lowest BCUT2D eigenvalue weighted by Gasteiger charge is -2.13. The zero-order valence-electron chi connectivity index (χ0n) is 10.2. The Balaban J connectivity index is 2.03. The first kappa shape index (κ1) is 11.0. The molecule has 2 aromatic rings. The third-order valence-electron chi connectivity index (χ3n) is 3.50. The normalized spacial score (nSPS) is 16.7. The molecular weight excluding hydrogens is 228 g/mol. The van der Waals surface area contributed by atoms with Crippen LogP contribution in [-0.4, -0.2) is 20.2 Å². The average Bonchev–Trinajstić information content (AvgIpc) is 3.07. The first-order chi connectivity index (χ1) is 8.66. The van der Waals surface area contributed by atoms with Gasteiger partial charge in [0.1, 0.15) is 0 Å². The van der Waals surface area contributed by atoms with Gasteiger partial charge in [0.05, 0.1) is 6.04 Å². The molecule has 1 saturated carbocycles. The molecule has 1 aliphatic carbocycles. The van der Waals surface area contributed by atoms with Crippen molar-refractivity contribution in [1.82, 2.24) is 20.2 Å². The molecule has 1 heterocycles. The fourth-order valence-corrected chi connectivity index (χ4v) is 2.21. The van der Waals surface area contributed by atoms with Gasteiger partial charge in [0.25, 0.3) is 0 Å². The highest BCUT2D eigenvalue weighted by molar-refractivity contribution is 5.74. The van der Waals surface area contributed by atoms with Crippen molar-refractivity contribution in [1.29, 1.82) is 0 Å². The Bertz CT molecular complexity index is 572. The second-order valence-corrected chi connectivity index (χ2v) is 4.87. The highest BCUT2D eigenvalue weighted by atomic mass is 15.5. The van der Waals surface area contributed by atoms with Crippen molar-refractivity contribution < 1.29 is 0 Å². The highest BCUT2D eigenvalue weighted by Crippen LogP contribution is 2.40. The predicted octanol–water partition coefficient (Wildman–Crippen LogP) is 1.48. The number of nitrogen functional groups attached to an aromatic ring is 2. The number of rotatable bonds is 3. The number of aromatic nitrogens is 4. The number of benzene rings is 1. The molecule has 1 aromatic carbocycles. The Morgan fingerprint density at radius 3 is 2.78 bits per heavy atom. The van der Waals surface area contributed by atoms with E-state index in [1.165, 1.54) is 12.8 Å². The van der Waals surface area contributed by atoms with Crippen LogP contribution >= 0.6 is 0 Å². The number of tetrazole rings is 1. The van der Waals surface area contributed by atoms with E-state index < -0.39 is 0 Å². The summed E-state index contributed by atoms with van der Waals surface area (Å²) in [6.45, 7) is 2.14. The van der Waals surface area contributed by atoms with Gasteiger partial charge in [-0.05, 0) is 54.3 Å². The van der Waals surface area contributed by atoms with Gasteiger partial charge < -0.3 is 11.5 Å². The lowest BCUT2D eigenvalue weighted by Crippen LogP contribution is -2.11. The maximum Gasteiger partial charge on any atom is 0.184 e. The largest absolute Gasteiger partial charge is 0.399 e. The molecule has 94 valence electrons. The highest BCUT2D eigenvalue weighted by Gasteiger charge is 2.31. The lowest BCUT2D eigenvalue weighted by atomic mass is 10.1. The minimum atomic E-state index is 0.312. The van der Waals surface area contributed by atoms with Gasteiger partial charge in [0.2, 0.25) is 0 Å². The topological polar surface area (TPSA) is 95.6 Å². The molecule has 0 saturated heterocycles. The molecule has 1 unspecified atom stereocenters. The van der Waals surface area contributed by atoms with Crippen LogP contribution in [0.2, 0.25) is 0 Å². The summed E-state index contributed by atoms with van der Waals surface area (Å²) in [5.74, 6) is 1.40. The van der Waals surface area contributed by atoms with Gasteiger partial charge in [-0.1, -0.05) is 0 Å². The Kier molecular flexibility index (Phi) is 2.43. The van der Waals surface area contributed by atoms with Gasteiger partial charge in [0.15, 0.2) is 5.82 Å². The first-order valence-corrected chi connectivity index (χ1v) is 6.10. The maximum absolute atomic E-state index is 5.98. The molecule has 0 spiro atoms. The summed E-state index contributed by atoms with van der Waals surface area (Å²) in [6.07, 6.45) is 2.50. The van der Waals surface area contributed by atoms with Gasteiger partial charge in [-0.25, -0.2) is 4.68 Å². The van der Waals surface area contributed by atoms with E-state index in [0.29, 0.717) is 29.2 Å². The zero-order valence-corrected chi connectivity index (χ0v) is 10.2. The van der Waals surface area contributed by atoms with E-state index in [2.05, 4.69) is 22.4 Å². The molecule has 1 aromatic heterocycles. The van der Waals surface area contributed by atoms with Crippen LogP contribution in [0.4, 0.5) is 11.4 Å². The Morgan fingerprint density at radius 1 is 1.33 bits per heavy atom. The number of hydrogen-bond donors (Lipinski definition) is 2. The van der Waals surface area contributed by atoms with E-state index in [1.807, 2.05) is 16.8 Å². The van der Waals surface area contributed by atoms with Crippen LogP contribution in [0.25, 0.3) is 11.4 Å².